The van der Waals surface area contributed by atoms with Crippen LogP contribution in [0.3, 0.4) is 0 Å². The minimum atomic E-state index is -0.198. The van der Waals surface area contributed by atoms with Crippen molar-refractivity contribution >= 4 is 12.2 Å². The summed E-state index contributed by atoms with van der Waals surface area (Å²) in [5.41, 5.74) is 2.68. The molecule has 4 nitrogen and oxygen atoms in total. The SMILES string of the molecule is CCOC(=O)C1C=NNC1. The molecule has 0 fully saturated rings. The van der Waals surface area contributed by atoms with Gasteiger partial charge in [-0.3, -0.25) is 4.79 Å². The standard InChI is InChI=1S/C6H10N2O2/c1-2-10-6(9)5-3-7-8-4-5/h3,5,8H,2,4H2,1H3. The first-order valence-electron chi connectivity index (χ1n) is 3.27. The average Bonchev–Trinajstić information content (AvgIpc) is 2.38. The fourth-order valence-electron chi connectivity index (χ4n) is 0.740. The molecule has 1 aliphatic heterocycles. The zero-order valence-corrected chi connectivity index (χ0v) is 5.83. The second-order valence-corrected chi connectivity index (χ2v) is 2.00. The third-order valence-corrected chi connectivity index (χ3v) is 1.25. The maximum Gasteiger partial charge on any atom is 0.316 e. The number of nitrogens with one attached hydrogen (secondary N) is 1. The number of nitrogens with zero attached hydrogens (tertiary/aromatic N) is 1. The van der Waals surface area contributed by atoms with Crippen molar-refractivity contribution in [2.75, 3.05) is 13.2 Å². The molecule has 0 aromatic carbocycles. The summed E-state index contributed by atoms with van der Waals surface area (Å²) < 4.78 is 4.76. The summed E-state index contributed by atoms with van der Waals surface area (Å²) in [5.74, 6) is -0.379. The number of carbonyl (C=O) groups excluding carboxylic acids is 1. The van der Waals surface area contributed by atoms with Crippen molar-refractivity contribution in [2.24, 2.45) is 11.0 Å². The van der Waals surface area contributed by atoms with Gasteiger partial charge in [-0.05, 0) is 6.92 Å². The number of carbonyl (C=O) groups is 1. The average molecular weight is 142 g/mol. The Bertz CT molecular complexity index is 156. The first-order valence-corrected chi connectivity index (χ1v) is 3.27. The monoisotopic (exact) mass is 142 g/mol. The van der Waals surface area contributed by atoms with Crippen LogP contribution in [0.2, 0.25) is 0 Å². The number of esters is 1. The summed E-state index contributed by atoms with van der Waals surface area (Å²) in [7, 11) is 0. The van der Waals surface area contributed by atoms with Crippen LogP contribution in [0, 0.1) is 5.92 Å². The molecule has 0 saturated heterocycles. The van der Waals surface area contributed by atoms with Gasteiger partial charge in [0, 0.05) is 6.21 Å². The highest BCUT2D eigenvalue weighted by atomic mass is 16.5. The van der Waals surface area contributed by atoms with Crippen LogP contribution in [-0.4, -0.2) is 25.3 Å². The van der Waals surface area contributed by atoms with Gasteiger partial charge >= 0.3 is 5.97 Å². The lowest BCUT2D eigenvalue weighted by Crippen LogP contribution is -2.22. The minimum absolute atomic E-state index is 0.181. The third kappa shape index (κ3) is 1.46. The van der Waals surface area contributed by atoms with E-state index in [1.165, 1.54) is 0 Å². The van der Waals surface area contributed by atoms with Crippen molar-refractivity contribution in [1.82, 2.24) is 5.43 Å². The van der Waals surface area contributed by atoms with Crippen LogP contribution in [0.1, 0.15) is 6.92 Å². The highest BCUT2D eigenvalue weighted by Gasteiger charge is 2.19. The topological polar surface area (TPSA) is 50.7 Å². The number of ether oxygens (including phenoxy) is 1. The van der Waals surface area contributed by atoms with E-state index in [1.807, 2.05) is 0 Å². The molecule has 56 valence electrons. The van der Waals surface area contributed by atoms with Crippen LogP contribution >= 0.6 is 0 Å². The molecule has 1 atom stereocenters. The van der Waals surface area contributed by atoms with Gasteiger partial charge < -0.3 is 10.2 Å². The molecule has 0 aromatic heterocycles. The quantitative estimate of drug-likeness (QED) is 0.541. The molecular formula is C6H10N2O2. The largest absolute Gasteiger partial charge is 0.465 e. The van der Waals surface area contributed by atoms with Gasteiger partial charge in [-0.15, -0.1) is 0 Å². The predicted molar refractivity (Wildman–Crippen MR) is 36.6 cm³/mol. The minimum Gasteiger partial charge on any atom is -0.465 e. The van der Waals surface area contributed by atoms with Gasteiger partial charge in [-0.2, -0.15) is 5.10 Å². The lowest BCUT2D eigenvalue weighted by Gasteiger charge is -2.03. The molecule has 4 heteroatoms. The lowest BCUT2D eigenvalue weighted by atomic mass is 10.2. The smallest absolute Gasteiger partial charge is 0.316 e. The van der Waals surface area contributed by atoms with Crippen molar-refractivity contribution in [3.63, 3.8) is 0 Å². The Morgan fingerprint density at radius 2 is 2.80 bits per heavy atom. The first kappa shape index (κ1) is 7.05. The van der Waals surface area contributed by atoms with E-state index in [0.29, 0.717) is 13.2 Å². The van der Waals surface area contributed by atoms with E-state index < -0.39 is 0 Å². The van der Waals surface area contributed by atoms with Crippen molar-refractivity contribution < 1.29 is 9.53 Å². The molecular weight excluding hydrogens is 132 g/mol. The summed E-state index contributed by atoms with van der Waals surface area (Å²) in [4.78, 5) is 10.9. The van der Waals surface area contributed by atoms with Gasteiger partial charge in [0.2, 0.25) is 0 Å². The van der Waals surface area contributed by atoms with E-state index in [2.05, 4.69) is 10.5 Å². The fraction of sp³-hybridized carbons (Fsp3) is 0.667. The molecule has 0 saturated carbocycles. The van der Waals surface area contributed by atoms with Crippen LogP contribution in [0.4, 0.5) is 0 Å². The lowest BCUT2D eigenvalue weighted by molar-refractivity contribution is -0.145. The number of rotatable bonds is 2. The Kier molecular flexibility index (Phi) is 2.25. The summed E-state index contributed by atoms with van der Waals surface area (Å²) >= 11 is 0. The van der Waals surface area contributed by atoms with Gasteiger partial charge in [0.15, 0.2) is 0 Å². The Morgan fingerprint density at radius 3 is 3.30 bits per heavy atom. The van der Waals surface area contributed by atoms with Crippen molar-refractivity contribution in [3.05, 3.63) is 0 Å². The second-order valence-electron chi connectivity index (χ2n) is 2.00. The van der Waals surface area contributed by atoms with Gasteiger partial charge in [-0.1, -0.05) is 0 Å². The Morgan fingerprint density at radius 1 is 2.00 bits per heavy atom. The summed E-state index contributed by atoms with van der Waals surface area (Å²) in [6.07, 6.45) is 1.57. The highest BCUT2D eigenvalue weighted by Crippen LogP contribution is 1.99. The van der Waals surface area contributed by atoms with E-state index >= 15 is 0 Å². The van der Waals surface area contributed by atoms with Gasteiger partial charge in [0.05, 0.1) is 13.2 Å². The molecule has 1 aliphatic rings. The van der Waals surface area contributed by atoms with Crippen LogP contribution in [0.15, 0.2) is 5.10 Å². The molecule has 1 unspecified atom stereocenters. The van der Waals surface area contributed by atoms with Crippen molar-refractivity contribution in [2.45, 2.75) is 6.92 Å². The Balaban J connectivity index is 2.33. The zero-order valence-electron chi connectivity index (χ0n) is 5.83. The fourth-order valence-corrected chi connectivity index (χ4v) is 0.740. The molecule has 0 bridgehead atoms. The van der Waals surface area contributed by atoms with E-state index in [9.17, 15) is 4.79 Å². The molecule has 0 aliphatic carbocycles. The maximum absolute atomic E-state index is 10.9. The molecule has 10 heavy (non-hydrogen) atoms. The van der Waals surface area contributed by atoms with Crippen LogP contribution in [0.5, 0.6) is 0 Å². The molecule has 1 heterocycles. The predicted octanol–water partition coefficient (Wildman–Crippen LogP) is -0.245. The van der Waals surface area contributed by atoms with E-state index in [0.717, 1.165) is 0 Å². The van der Waals surface area contributed by atoms with E-state index in [4.69, 9.17) is 4.74 Å². The zero-order chi connectivity index (χ0) is 7.40. The van der Waals surface area contributed by atoms with Crippen LogP contribution in [-0.2, 0) is 9.53 Å². The summed E-state index contributed by atoms with van der Waals surface area (Å²) in [6.45, 7) is 2.79. The first-order chi connectivity index (χ1) is 4.84. The number of hydrogen-bond donors (Lipinski definition) is 1. The van der Waals surface area contributed by atoms with Crippen LogP contribution < -0.4 is 5.43 Å². The highest BCUT2D eigenvalue weighted by molar-refractivity contribution is 5.90. The second kappa shape index (κ2) is 3.20. The van der Waals surface area contributed by atoms with E-state index in [1.54, 1.807) is 13.1 Å². The maximum atomic E-state index is 10.9. The molecule has 0 amide bonds. The Hall–Kier alpha value is -1.06. The number of hydrogen-bond acceptors (Lipinski definition) is 4. The normalized spacial score (nSPS) is 22.3. The molecule has 0 aromatic rings. The summed E-state index contributed by atoms with van der Waals surface area (Å²) in [6, 6.07) is 0. The van der Waals surface area contributed by atoms with Crippen molar-refractivity contribution in [3.8, 4) is 0 Å². The molecule has 0 radical (unpaired) electrons. The molecule has 1 N–H and O–H groups in total. The van der Waals surface area contributed by atoms with Gasteiger partial charge in [-0.25, -0.2) is 0 Å². The van der Waals surface area contributed by atoms with Crippen LogP contribution in [0.25, 0.3) is 0 Å². The van der Waals surface area contributed by atoms with Crippen molar-refractivity contribution in [1.29, 1.82) is 0 Å². The van der Waals surface area contributed by atoms with Gasteiger partial charge in [0.25, 0.3) is 0 Å². The third-order valence-electron chi connectivity index (χ3n) is 1.25. The Labute approximate surface area is 59.2 Å². The van der Waals surface area contributed by atoms with E-state index in [-0.39, 0.29) is 11.9 Å². The molecule has 0 spiro atoms. The van der Waals surface area contributed by atoms with Gasteiger partial charge in [0.1, 0.15) is 5.92 Å². The summed E-state index contributed by atoms with van der Waals surface area (Å²) in [5, 5.41) is 3.69. The number of hydrazone groups is 1. The molecule has 1 rings (SSSR count).